The summed E-state index contributed by atoms with van der Waals surface area (Å²) in [6.45, 7) is 6.49. The second-order valence-corrected chi connectivity index (χ2v) is 6.59. The average Bonchev–Trinajstić information content (AvgIpc) is 2.47. The number of rotatable bonds is 3. The summed E-state index contributed by atoms with van der Waals surface area (Å²) in [5.74, 6) is 0.970. The van der Waals surface area contributed by atoms with E-state index in [1.54, 1.807) is 24.3 Å². The standard InChI is InChI=1S/C18H25NO3/c1-12(2)15-10-9-13(3)11-16(15)22-18(21)19-17(20)14-7-5-4-6-8-14/h4-8,12-13,15-16H,9-11H2,1-3H3,(H,19,20,21)/t13-,15+,16-/m1/s1. The molecule has 0 spiro atoms. The van der Waals surface area contributed by atoms with Crippen LogP contribution in [0.4, 0.5) is 4.79 Å². The molecule has 0 aliphatic heterocycles. The van der Waals surface area contributed by atoms with E-state index >= 15 is 0 Å². The van der Waals surface area contributed by atoms with Crippen molar-refractivity contribution in [3.05, 3.63) is 35.9 Å². The van der Waals surface area contributed by atoms with Crippen molar-refractivity contribution in [3.63, 3.8) is 0 Å². The van der Waals surface area contributed by atoms with Crippen LogP contribution in [0.25, 0.3) is 0 Å². The van der Waals surface area contributed by atoms with Crippen LogP contribution in [0.15, 0.2) is 30.3 Å². The number of carbonyl (C=O) groups is 2. The molecular formula is C18H25NO3. The molecule has 0 bridgehead atoms. The molecule has 1 aromatic carbocycles. The van der Waals surface area contributed by atoms with Crippen molar-refractivity contribution in [2.45, 2.75) is 46.1 Å². The Bertz CT molecular complexity index is 512. The van der Waals surface area contributed by atoms with Gasteiger partial charge >= 0.3 is 6.09 Å². The Hall–Kier alpha value is -1.84. The number of carbonyl (C=O) groups excluding carboxylic acids is 2. The molecule has 1 saturated carbocycles. The molecule has 0 heterocycles. The van der Waals surface area contributed by atoms with Gasteiger partial charge in [-0.2, -0.15) is 0 Å². The highest BCUT2D eigenvalue weighted by molar-refractivity contribution is 6.02. The van der Waals surface area contributed by atoms with Crippen LogP contribution >= 0.6 is 0 Å². The van der Waals surface area contributed by atoms with Crippen LogP contribution in [0.3, 0.4) is 0 Å². The van der Waals surface area contributed by atoms with Gasteiger partial charge in [-0.25, -0.2) is 4.79 Å². The molecule has 1 N–H and O–H groups in total. The summed E-state index contributed by atoms with van der Waals surface area (Å²) in [6.07, 6.45) is 2.37. The molecule has 0 radical (unpaired) electrons. The van der Waals surface area contributed by atoms with Crippen molar-refractivity contribution in [1.82, 2.24) is 5.32 Å². The molecule has 1 aromatic rings. The minimum atomic E-state index is -0.640. The van der Waals surface area contributed by atoms with Crippen LogP contribution in [0, 0.1) is 17.8 Å². The molecule has 4 heteroatoms. The lowest BCUT2D eigenvalue weighted by Crippen LogP contribution is -2.40. The van der Waals surface area contributed by atoms with E-state index in [0.717, 1.165) is 12.8 Å². The van der Waals surface area contributed by atoms with Gasteiger partial charge in [0.25, 0.3) is 5.91 Å². The molecule has 2 amide bonds. The minimum absolute atomic E-state index is 0.104. The van der Waals surface area contributed by atoms with Gasteiger partial charge < -0.3 is 4.74 Å². The van der Waals surface area contributed by atoms with Crippen molar-refractivity contribution in [1.29, 1.82) is 0 Å². The number of hydrogen-bond donors (Lipinski definition) is 1. The fraction of sp³-hybridized carbons (Fsp3) is 0.556. The zero-order valence-corrected chi connectivity index (χ0v) is 13.5. The van der Waals surface area contributed by atoms with Gasteiger partial charge in [0.15, 0.2) is 0 Å². The third-order valence-corrected chi connectivity index (χ3v) is 4.47. The monoisotopic (exact) mass is 303 g/mol. The van der Waals surface area contributed by atoms with E-state index in [4.69, 9.17) is 4.74 Å². The molecule has 0 aromatic heterocycles. The Morgan fingerprint density at radius 2 is 1.86 bits per heavy atom. The topological polar surface area (TPSA) is 55.4 Å². The maximum atomic E-state index is 12.0. The number of nitrogens with one attached hydrogen (secondary N) is 1. The van der Waals surface area contributed by atoms with Crippen LogP contribution in [0.1, 0.15) is 50.4 Å². The second-order valence-electron chi connectivity index (χ2n) is 6.59. The summed E-state index contributed by atoms with van der Waals surface area (Å²) in [4.78, 5) is 24.0. The van der Waals surface area contributed by atoms with Gasteiger partial charge in [0, 0.05) is 5.56 Å². The van der Waals surface area contributed by atoms with Gasteiger partial charge in [-0.15, -0.1) is 0 Å². The van der Waals surface area contributed by atoms with Crippen molar-refractivity contribution >= 4 is 12.0 Å². The SMILES string of the molecule is CC(C)[C@@H]1CC[C@@H](C)C[C@H]1OC(=O)NC(=O)c1ccccc1. The first-order valence-electron chi connectivity index (χ1n) is 8.04. The molecule has 0 unspecified atom stereocenters. The fourth-order valence-corrected chi connectivity index (χ4v) is 3.17. The third-order valence-electron chi connectivity index (χ3n) is 4.47. The van der Waals surface area contributed by atoms with Gasteiger partial charge in [-0.1, -0.05) is 45.4 Å². The van der Waals surface area contributed by atoms with E-state index < -0.39 is 12.0 Å². The Morgan fingerprint density at radius 1 is 1.18 bits per heavy atom. The summed E-state index contributed by atoms with van der Waals surface area (Å²) in [5.41, 5.74) is 0.455. The van der Waals surface area contributed by atoms with E-state index in [1.165, 1.54) is 6.42 Å². The van der Waals surface area contributed by atoms with Gasteiger partial charge in [0.2, 0.25) is 0 Å². The predicted octanol–water partition coefficient (Wildman–Crippen LogP) is 4.01. The third kappa shape index (κ3) is 4.33. The number of benzene rings is 1. The van der Waals surface area contributed by atoms with Crippen molar-refractivity contribution in [2.24, 2.45) is 17.8 Å². The van der Waals surface area contributed by atoms with Crippen LogP contribution in [0.5, 0.6) is 0 Å². The number of amides is 2. The first kappa shape index (κ1) is 16.5. The molecule has 4 nitrogen and oxygen atoms in total. The Balaban J connectivity index is 1.93. The summed E-state index contributed by atoms with van der Waals surface area (Å²) >= 11 is 0. The van der Waals surface area contributed by atoms with Crippen molar-refractivity contribution in [2.75, 3.05) is 0 Å². The normalized spacial score (nSPS) is 24.8. The Kier molecular flexibility index (Phi) is 5.58. The molecule has 1 aliphatic rings. The van der Waals surface area contributed by atoms with Crippen molar-refractivity contribution in [3.8, 4) is 0 Å². The molecule has 0 saturated heterocycles. The van der Waals surface area contributed by atoms with E-state index in [9.17, 15) is 9.59 Å². The summed E-state index contributed by atoms with van der Waals surface area (Å²) in [6, 6.07) is 8.69. The predicted molar refractivity (Wildman–Crippen MR) is 85.5 cm³/mol. The highest BCUT2D eigenvalue weighted by Gasteiger charge is 2.33. The number of alkyl carbamates (subject to hydrolysis) is 1. The van der Waals surface area contributed by atoms with E-state index in [-0.39, 0.29) is 6.10 Å². The lowest BCUT2D eigenvalue weighted by molar-refractivity contribution is 0.00664. The van der Waals surface area contributed by atoms with Gasteiger partial charge in [-0.05, 0) is 42.7 Å². The smallest absolute Gasteiger partial charge is 0.414 e. The van der Waals surface area contributed by atoms with Crippen LogP contribution in [-0.4, -0.2) is 18.1 Å². The molecule has 120 valence electrons. The molecule has 1 fully saturated rings. The van der Waals surface area contributed by atoms with E-state index in [0.29, 0.717) is 23.3 Å². The number of ether oxygens (including phenoxy) is 1. The highest BCUT2D eigenvalue weighted by Crippen LogP contribution is 2.35. The fourth-order valence-electron chi connectivity index (χ4n) is 3.17. The first-order chi connectivity index (χ1) is 10.5. The quantitative estimate of drug-likeness (QED) is 0.917. The van der Waals surface area contributed by atoms with Gasteiger partial charge in [0.1, 0.15) is 6.10 Å². The van der Waals surface area contributed by atoms with Gasteiger partial charge in [0.05, 0.1) is 0 Å². The van der Waals surface area contributed by atoms with Crippen LogP contribution in [0.2, 0.25) is 0 Å². The van der Waals surface area contributed by atoms with E-state index in [2.05, 4.69) is 26.1 Å². The Labute approximate surface area is 132 Å². The van der Waals surface area contributed by atoms with Gasteiger partial charge in [-0.3, -0.25) is 10.1 Å². The lowest BCUT2D eigenvalue weighted by Gasteiger charge is -2.36. The van der Waals surface area contributed by atoms with E-state index in [1.807, 2.05) is 6.07 Å². The maximum Gasteiger partial charge on any atom is 0.414 e. The molecule has 22 heavy (non-hydrogen) atoms. The van der Waals surface area contributed by atoms with Crippen LogP contribution in [-0.2, 0) is 4.74 Å². The zero-order chi connectivity index (χ0) is 16.1. The number of hydrogen-bond acceptors (Lipinski definition) is 3. The molecule has 1 aliphatic carbocycles. The molecular weight excluding hydrogens is 278 g/mol. The summed E-state index contributed by atoms with van der Waals surface area (Å²) in [7, 11) is 0. The first-order valence-corrected chi connectivity index (χ1v) is 8.04. The van der Waals surface area contributed by atoms with Crippen molar-refractivity contribution < 1.29 is 14.3 Å². The highest BCUT2D eigenvalue weighted by atomic mass is 16.6. The maximum absolute atomic E-state index is 12.0. The zero-order valence-electron chi connectivity index (χ0n) is 13.5. The average molecular weight is 303 g/mol. The summed E-state index contributed by atoms with van der Waals surface area (Å²) in [5, 5.41) is 2.32. The lowest BCUT2D eigenvalue weighted by atomic mass is 9.75. The van der Waals surface area contributed by atoms with Crippen LogP contribution < -0.4 is 5.32 Å². The largest absolute Gasteiger partial charge is 0.446 e. The minimum Gasteiger partial charge on any atom is -0.446 e. The molecule has 2 rings (SSSR count). The summed E-state index contributed by atoms with van der Waals surface area (Å²) < 4.78 is 5.56. The molecule has 3 atom stereocenters. The Morgan fingerprint density at radius 3 is 2.50 bits per heavy atom. The number of imide groups is 1. The second kappa shape index (κ2) is 7.43.